The number of likely N-dealkylation sites (tertiary alicyclic amines) is 2. The zero-order valence-corrected chi connectivity index (χ0v) is 27.2. The topological polar surface area (TPSA) is 111 Å². The van der Waals surface area contributed by atoms with Crippen LogP contribution in [0.3, 0.4) is 0 Å². The second kappa shape index (κ2) is 12.5. The third kappa shape index (κ3) is 8.90. The normalized spacial score (nSPS) is 26.0. The SMILES string of the molecule is Brc1ncccn1.C#CC12CC1CN(C(=O)OC(C)(C)C)C2.CC(C)(C)OC(=O)N1CC2CC2(C#Cc2ncccn2)C1. The molecule has 2 aliphatic carbocycles. The predicted molar refractivity (Wildman–Crippen MR) is 164 cm³/mol. The first kappa shape index (κ1) is 32.2. The molecule has 6 rings (SSSR count). The molecule has 11 heteroatoms. The van der Waals surface area contributed by atoms with Gasteiger partial charge in [0.2, 0.25) is 5.82 Å². The molecule has 0 spiro atoms. The Balaban J connectivity index is 0.000000167. The van der Waals surface area contributed by atoms with Gasteiger partial charge in [0.05, 0.1) is 10.8 Å². The molecule has 2 aromatic heterocycles. The van der Waals surface area contributed by atoms with E-state index < -0.39 is 11.2 Å². The van der Waals surface area contributed by atoms with Gasteiger partial charge >= 0.3 is 12.2 Å². The number of piperidine rings is 2. The fraction of sp³-hybridized carbons (Fsp3) is 0.562. The van der Waals surface area contributed by atoms with E-state index in [0.29, 0.717) is 35.5 Å². The Labute approximate surface area is 262 Å². The van der Waals surface area contributed by atoms with Gasteiger partial charge in [-0.05, 0) is 100 Å². The van der Waals surface area contributed by atoms with Gasteiger partial charge in [-0.2, -0.15) is 0 Å². The van der Waals surface area contributed by atoms with Crippen LogP contribution in [0.5, 0.6) is 0 Å². The number of carbonyl (C=O) groups is 2. The summed E-state index contributed by atoms with van der Waals surface area (Å²) in [4.78, 5) is 43.1. The molecule has 2 aromatic rings. The molecule has 4 atom stereocenters. The molecule has 0 radical (unpaired) electrons. The standard InChI is InChI=1S/C16H19N3O2.C12H17NO2.C4H3BrN2/c1-15(2,3)21-14(20)19-10-12-9-16(12,11-19)6-5-13-17-7-4-8-18-13;1-5-12-6-9(12)7-13(8-12)10(14)15-11(2,3)4;5-4-6-2-1-3-7-4/h4,7-8,12H,9-11H2,1-3H3;1,9H,6-8H2,2-4H3;1-3H. The zero-order chi connectivity index (χ0) is 31.5. The summed E-state index contributed by atoms with van der Waals surface area (Å²) in [7, 11) is 0. The third-order valence-corrected chi connectivity index (χ3v) is 7.82. The molecule has 10 nitrogen and oxygen atoms in total. The van der Waals surface area contributed by atoms with E-state index in [0.717, 1.165) is 25.9 Å². The molecule has 0 bridgehead atoms. The van der Waals surface area contributed by atoms with Gasteiger partial charge in [-0.3, -0.25) is 0 Å². The van der Waals surface area contributed by atoms with Gasteiger partial charge in [-0.1, -0.05) is 11.8 Å². The van der Waals surface area contributed by atoms with Crippen LogP contribution in [0.15, 0.2) is 41.7 Å². The molecule has 2 amide bonds. The lowest BCUT2D eigenvalue weighted by Gasteiger charge is -2.25. The first-order valence-corrected chi connectivity index (χ1v) is 15.1. The monoisotopic (exact) mass is 650 g/mol. The molecule has 2 saturated carbocycles. The van der Waals surface area contributed by atoms with E-state index in [2.05, 4.69) is 53.6 Å². The number of ether oxygens (including phenoxy) is 2. The van der Waals surface area contributed by atoms with Crippen LogP contribution in [-0.2, 0) is 9.47 Å². The Hall–Kier alpha value is -3.70. The van der Waals surface area contributed by atoms with Gasteiger partial charge in [0, 0.05) is 51.0 Å². The van der Waals surface area contributed by atoms with Gasteiger partial charge in [0.25, 0.3) is 0 Å². The summed E-state index contributed by atoms with van der Waals surface area (Å²) in [6.07, 6.45) is 13.8. The third-order valence-electron chi connectivity index (χ3n) is 7.41. The van der Waals surface area contributed by atoms with Crippen LogP contribution < -0.4 is 0 Å². The molecule has 0 N–H and O–H groups in total. The van der Waals surface area contributed by atoms with Gasteiger partial charge in [0.1, 0.15) is 11.2 Å². The maximum Gasteiger partial charge on any atom is 0.410 e. The van der Waals surface area contributed by atoms with E-state index in [4.69, 9.17) is 15.9 Å². The minimum absolute atomic E-state index is 0.0170. The lowest BCUT2D eigenvalue weighted by Crippen LogP contribution is -2.37. The summed E-state index contributed by atoms with van der Waals surface area (Å²) in [6, 6.07) is 3.54. The highest BCUT2D eigenvalue weighted by atomic mass is 79.9. The van der Waals surface area contributed by atoms with E-state index in [9.17, 15) is 9.59 Å². The summed E-state index contributed by atoms with van der Waals surface area (Å²) >= 11 is 3.09. The van der Waals surface area contributed by atoms with Crippen LogP contribution in [0, 0.1) is 46.9 Å². The molecule has 4 aliphatic rings. The van der Waals surface area contributed by atoms with Crippen molar-refractivity contribution in [2.75, 3.05) is 26.2 Å². The Morgan fingerprint density at radius 2 is 1.28 bits per heavy atom. The number of nitrogens with zero attached hydrogens (tertiary/aromatic N) is 6. The van der Waals surface area contributed by atoms with Crippen molar-refractivity contribution >= 4 is 28.1 Å². The van der Waals surface area contributed by atoms with Crippen LogP contribution in [-0.4, -0.2) is 79.3 Å². The van der Waals surface area contributed by atoms with Crippen molar-refractivity contribution in [2.45, 2.75) is 65.6 Å². The second-order valence-electron chi connectivity index (χ2n) is 13.3. The van der Waals surface area contributed by atoms with Gasteiger partial charge in [-0.25, -0.2) is 29.5 Å². The first-order valence-electron chi connectivity index (χ1n) is 14.3. The smallest absolute Gasteiger partial charge is 0.410 e. The van der Waals surface area contributed by atoms with E-state index in [1.165, 1.54) is 0 Å². The Morgan fingerprint density at radius 1 is 0.837 bits per heavy atom. The van der Waals surface area contributed by atoms with E-state index in [1.807, 2.05) is 41.5 Å². The van der Waals surface area contributed by atoms with Crippen molar-refractivity contribution in [1.82, 2.24) is 29.7 Å². The van der Waals surface area contributed by atoms with Crippen molar-refractivity contribution in [3.05, 3.63) is 47.5 Å². The number of fused-ring (bicyclic) bond motifs is 2. The summed E-state index contributed by atoms with van der Waals surface area (Å²) < 4.78 is 11.3. The molecule has 228 valence electrons. The van der Waals surface area contributed by atoms with Crippen LogP contribution in [0.2, 0.25) is 0 Å². The predicted octanol–water partition coefficient (Wildman–Crippen LogP) is 5.20. The number of rotatable bonds is 0. The molecule has 4 unspecified atom stereocenters. The maximum atomic E-state index is 12.1. The van der Waals surface area contributed by atoms with Crippen molar-refractivity contribution in [3.63, 3.8) is 0 Å². The largest absolute Gasteiger partial charge is 0.444 e. The molecule has 0 aromatic carbocycles. The van der Waals surface area contributed by atoms with Gasteiger partial charge in [0.15, 0.2) is 4.73 Å². The van der Waals surface area contributed by atoms with Crippen LogP contribution in [0.25, 0.3) is 0 Å². The highest BCUT2D eigenvalue weighted by molar-refractivity contribution is 9.10. The van der Waals surface area contributed by atoms with Crippen molar-refractivity contribution in [3.8, 4) is 24.2 Å². The molecule has 4 fully saturated rings. The summed E-state index contributed by atoms with van der Waals surface area (Å²) in [5.74, 6) is 10.6. The number of terminal acetylenes is 1. The van der Waals surface area contributed by atoms with E-state index in [1.54, 1.807) is 46.7 Å². The molecule has 4 heterocycles. The summed E-state index contributed by atoms with van der Waals surface area (Å²) in [5, 5.41) is 0. The van der Waals surface area contributed by atoms with Crippen LogP contribution >= 0.6 is 15.9 Å². The summed E-state index contributed by atoms with van der Waals surface area (Å²) in [5.41, 5.74) is -0.971. The number of aromatic nitrogens is 4. The maximum absolute atomic E-state index is 12.1. The minimum atomic E-state index is -0.458. The fourth-order valence-electron chi connectivity index (χ4n) is 5.14. The number of amides is 2. The second-order valence-corrected chi connectivity index (χ2v) is 14.0. The fourth-order valence-corrected chi connectivity index (χ4v) is 5.38. The molecule has 2 saturated heterocycles. The number of halogens is 1. The van der Waals surface area contributed by atoms with Crippen molar-refractivity contribution in [1.29, 1.82) is 0 Å². The van der Waals surface area contributed by atoms with Crippen LogP contribution in [0.1, 0.15) is 60.2 Å². The highest BCUT2D eigenvalue weighted by Gasteiger charge is 2.61. The molecule has 43 heavy (non-hydrogen) atoms. The molecular formula is C32H39BrN6O4. The van der Waals surface area contributed by atoms with Gasteiger partial charge in [-0.15, -0.1) is 6.42 Å². The van der Waals surface area contributed by atoms with Crippen molar-refractivity contribution in [2.24, 2.45) is 22.7 Å². The Morgan fingerprint density at radius 3 is 1.70 bits per heavy atom. The van der Waals surface area contributed by atoms with Crippen LogP contribution in [0.4, 0.5) is 9.59 Å². The molecular weight excluding hydrogens is 612 g/mol. The number of hydrogen-bond donors (Lipinski definition) is 0. The number of carbonyl (C=O) groups excluding carboxylic acids is 2. The zero-order valence-electron chi connectivity index (χ0n) is 25.6. The average molecular weight is 652 g/mol. The number of hydrogen-bond acceptors (Lipinski definition) is 8. The van der Waals surface area contributed by atoms with E-state index in [-0.39, 0.29) is 23.0 Å². The highest BCUT2D eigenvalue weighted by Crippen LogP contribution is 2.58. The molecule has 2 aliphatic heterocycles. The lowest BCUT2D eigenvalue weighted by molar-refractivity contribution is 0.0258. The van der Waals surface area contributed by atoms with E-state index >= 15 is 0 Å². The van der Waals surface area contributed by atoms with Crippen molar-refractivity contribution < 1.29 is 19.1 Å². The lowest BCUT2D eigenvalue weighted by atomic mass is 10.1. The van der Waals surface area contributed by atoms with Gasteiger partial charge < -0.3 is 19.3 Å². The minimum Gasteiger partial charge on any atom is -0.444 e. The first-order chi connectivity index (χ1) is 20.1. The summed E-state index contributed by atoms with van der Waals surface area (Å²) in [6.45, 7) is 14.1. The Bertz CT molecular complexity index is 1410. The average Bonchev–Trinajstić information content (AvgIpc) is 3.72. The quantitative estimate of drug-likeness (QED) is 0.283. The Kier molecular flexibility index (Phi) is 9.36.